The van der Waals surface area contributed by atoms with E-state index in [4.69, 9.17) is 10.5 Å². The fourth-order valence-electron chi connectivity index (χ4n) is 3.24. The smallest absolute Gasteiger partial charge is 0.416 e. The van der Waals surface area contributed by atoms with E-state index >= 15 is 0 Å². The Labute approximate surface area is 206 Å². The number of pyridine rings is 1. The van der Waals surface area contributed by atoms with Gasteiger partial charge in [-0.3, -0.25) is 19.7 Å². The van der Waals surface area contributed by atoms with E-state index < -0.39 is 35.7 Å². The number of primary amides is 1. The van der Waals surface area contributed by atoms with E-state index in [0.717, 1.165) is 59.2 Å². The predicted octanol–water partition coefficient (Wildman–Crippen LogP) is 2.89. The van der Waals surface area contributed by atoms with Crippen molar-refractivity contribution < 1.29 is 27.5 Å². The van der Waals surface area contributed by atoms with E-state index in [1.807, 2.05) is 0 Å². The molecule has 0 spiro atoms. The first-order valence-electron chi connectivity index (χ1n) is 10.5. The van der Waals surface area contributed by atoms with E-state index in [1.165, 1.54) is 7.11 Å². The van der Waals surface area contributed by atoms with E-state index in [2.05, 4.69) is 27.4 Å². The molecule has 186 valence electrons. The minimum absolute atomic E-state index is 0.00914. The number of carbonyl (C=O) groups is 2. The first kappa shape index (κ1) is 24.9. The number of methoxy groups -OCH3 is 1. The van der Waals surface area contributed by atoms with Crippen LogP contribution in [-0.4, -0.2) is 33.7 Å². The first-order chi connectivity index (χ1) is 17.0. The van der Waals surface area contributed by atoms with E-state index in [0.29, 0.717) is 10.9 Å². The first-order valence-corrected chi connectivity index (χ1v) is 11.3. The van der Waals surface area contributed by atoms with E-state index in [-0.39, 0.29) is 27.6 Å². The fraction of sp³-hybridized carbons (Fsp3) is 0.261. The Morgan fingerprint density at radius 1 is 1.25 bits per heavy atom. The molecule has 0 aliphatic heterocycles. The molecule has 0 bridgehead atoms. The van der Waals surface area contributed by atoms with Crippen LogP contribution in [0.15, 0.2) is 35.3 Å². The molecule has 2 amide bonds. The van der Waals surface area contributed by atoms with E-state index in [9.17, 15) is 27.6 Å². The van der Waals surface area contributed by atoms with Crippen molar-refractivity contribution in [3.8, 4) is 28.7 Å². The van der Waals surface area contributed by atoms with Gasteiger partial charge in [0.2, 0.25) is 11.0 Å². The summed E-state index contributed by atoms with van der Waals surface area (Å²) >= 11 is 1.01. The number of rotatable bonds is 6. The summed E-state index contributed by atoms with van der Waals surface area (Å²) < 4.78 is 46.4. The van der Waals surface area contributed by atoms with Gasteiger partial charge >= 0.3 is 6.18 Å². The van der Waals surface area contributed by atoms with Gasteiger partial charge < -0.3 is 15.0 Å². The molecule has 0 unspecified atom stereocenters. The van der Waals surface area contributed by atoms with Crippen molar-refractivity contribution >= 4 is 28.3 Å². The highest BCUT2D eigenvalue weighted by molar-refractivity contribution is 7.15. The highest BCUT2D eigenvalue weighted by Crippen LogP contribution is 2.38. The highest BCUT2D eigenvalue weighted by Gasteiger charge is 2.32. The fourth-order valence-corrected chi connectivity index (χ4v) is 3.84. The number of benzene rings is 1. The summed E-state index contributed by atoms with van der Waals surface area (Å²) in [7, 11) is 1.25. The monoisotopic (exact) mass is 517 g/mol. The molecule has 1 fully saturated rings. The van der Waals surface area contributed by atoms with Gasteiger partial charge in [0.05, 0.1) is 18.2 Å². The molecule has 9 nitrogen and oxygen atoms in total. The number of ether oxygens (including phenoxy) is 1. The molecule has 0 saturated heterocycles. The number of nitrogens with one attached hydrogen (secondary N) is 1. The number of amides is 2. The number of aromatic nitrogens is 3. The Morgan fingerprint density at radius 3 is 2.64 bits per heavy atom. The number of nitrogens with two attached hydrogens (primary N) is 1. The SMILES string of the molecule is COc1ccc(C(F)(F)F)cc1-c1cn(CC(N)=O)c(=O)cc1C(=O)Nc1nnc(C#CC2CC2)s1. The number of carbonyl (C=O) groups excluding carboxylic acids is 2. The van der Waals surface area contributed by atoms with Crippen molar-refractivity contribution in [3.63, 3.8) is 0 Å². The van der Waals surface area contributed by atoms with Crippen LogP contribution < -0.4 is 21.3 Å². The van der Waals surface area contributed by atoms with Crippen molar-refractivity contribution in [2.75, 3.05) is 12.4 Å². The lowest BCUT2D eigenvalue weighted by Crippen LogP contribution is -2.29. The molecule has 4 rings (SSSR count). The van der Waals surface area contributed by atoms with Crippen LogP contribution in [0, 0.1) is 17.8 Å². The molecule has 0 radical (unpaired) electrons. The molecule has 2 aromatic heterocycles. The molecule has 13 heteroatoms. The molecule has 1 aliphatic carbocycles. The molecule has 1 aromatic carbocycles. The third kappa shape index (κ3) is 5.72. The second-order valence-corrected chi connectivity index (χ2v) is 8.83. The van der Waals surface area contributed by atoms with Crippen LogP contribution in [-0.2, 0) is 17.5 Å². The quantitative estimate of drug-likeness (QED) is 0.484. The summed E-state index contributed by atoms with van der Waals surface area (Å²) in [4.78, 5) is 37.1. The molecule has 0 atom stereocenters. The Balaban J connectivity index is 1.78. The van der Waals surface area contributed by atoms with Gasteiger partial charge in [-0.15, -0.1) is 10.2 Å². The zero-order valence-electron chi connectivity index (χ0n) is 18.7. The highest BCUT2D eigenvalue weighted by atomic mass is 32.1. The van der Waals surface area contributed by atoms with Crippen LogP contribution in [0.1, 0.15) is 33.8 Å². The maximum atomic E-state index is 13.4. The summed E-state index contributed by atoms with van der Waals surface area (Å²) in [5.74, 6) is 4.55. The van der Waals surface area contributed by atoms with Gasteiger partial charge in [0.15, 0.2) is 5.01 Å². The number of halogens is 3. The van der Waals surface area contributed by atoms with Gasteiger partial charge in [0.25, 0.3) is 11.5 Å². The largest absolute Gasteiger partial charge is 0.496 e. The number of hydrogen-bond donors (Lipinski definition) is 2. The third-order valence-electron chi connectivity index (χ3n) is 5.12. The maximum Gasteiger partial charge on any atom is 0.416 e. The third-order valence-corrected chi connectivity index (χ3v) is 5.87. The molecule has 2 heterocycles. The Hall–Kier alpha value is -4.18. The normalized spacial score (nSPS) is 13.0. The lowest BCUT2D eigenvalue weighted by Gasteiger charge is -2.17. The zero-order valence-corrected chi connectivity index (χ0v) is 19.5. The van der Waals surface area contributed by atoms with Gasteiger partial charge in [0.1, 0.15) is 12.3 Å². The summed E-state index contributed by atoms with van der Waals surface area (Å²) in [5, 5.41) is 10.7. The number of anilines is 1. The predicted molar refractivity (Wildman–Crippen MR) is 124 cm³/mol. The maximum absolute atomic E-state index is 13.4. The van der Waals surface area contributed by atoms with Crippen LogP contribution in [0.2, 0.25) is 0 Å². The zero-order chi connectivity index (χ0) is 26.0. The van der Waals surface area contributed by atoms with Crippen molar-refractivity contribution in [2.24, 2.45) is 11.7 Å². The van der Waals surface area contributed by atoms with Gasteiger partial charge in [0, 0.05) is 29.3 Å². The van der Waals surface area contributed by atoms with Gasteiger partial charge in [-0.05, 0) is 37.0 Å². The number of hydrogen-bond acceptors (Lipinski definition) is 7. The lowest BCUT2D eigenvalue weighted by molar-refractivity contribution is -0.137. The van der Waals surface area contributed by atoms with Gasteiger partial charge in [-0.2, -0.15) is 13.2 Å². The molecule has 3 N–H and O–H groups in total. The summed E-state index contributed by atoms with van der Waals surface area (Å²) in [6.45, 7) is -0.547. The Morgan fingerprint density at radius 2 is 2.00 bits per heavy atom. The number of alkyl halides is 3. The minimum Gasteiger partial charge on any atom is -0.496 e. The molecule has 1 aliphatic rings. The Bertz CT molecular complexity index is 1460. The summed E-state index contributed by atoms with van der Waals surface area (Å²) in [6.07, 6.45) is -1.54. The number of nitrogens with zero attached hydrogens (tertiary/aromatic N) is 3. The van der Waals surface area contributed by atoms with Crippen molar-refractivity contribution in [3.05, 3.63) is 57.0 Å². The van der Waals surface area contributed by atoms with Crippen molar-refractivity contribution in [1.82, 2.24) is 14.8 Å². The molecule has 3 aromatic rings. The standard InChI is InChI=1S/C23H18F3N5O4S/c1-35-17-6-5-13(23(24,25)26)8-14(17)16-10-31(11-18(27)32)20(33)9-15(16)21(34)28-22-30-29-19(36-22)7-4-12-2-3-12/h5-6,8-10,12H,2-3,11H2,1H3,(H2,27,32)(H,28,30,34). The van der Waals surface area contributed by atoms with Gasteiger partial charge in [-0.1, -0.05) is 17.3 Å². The molecule has 1 saturated carbocycles. The van der Waals surface area contributed by atoms with Crippen molar-refractivity contribution in [1.29, 1.82) is 0 Å². The van der Waals surface area contributed by atoms with Crippen LogP contribution in [0.25, 0.3) is 11.1 Å². The van der Waals surface area contributed by atoms with Crippen LogP contribution in [0.5, 0.6) is 5.75 Å². The van der Waals surface area contributed by atoms with Crippen LogP contribution >= 0.6 is 11.3 Å². The molecule has 36 heavy (non-hydrogen) atoms. The van der Waals surface area contributed by atoms with Crippen LogP contribution in [0.4, 0.5) is 18.3 Å². The second kappa shape index (κ2) is 9.82. The average Bonchev–Trinajstić information content (AvgIpc) is 3.55. The summed E-state index contributed by atoms with van der Waals surface area (Å²) in [6, 6.07) is 3.62. The topological polar surface area (TPSA) is 129 Å². The van der Waals surface area contributed by atoms with Crippen molar-refractivity contribution in [2.45, 2.75) is 25.6 Å². The minimum atomic E-state index is -4.68. The Kier molecular flexibility index (Phi) is 6.80. The summed E-state index contributed by atoms with van der Waals surface area (Å²) in [5.41, 5.74) is 2.96. The lowest BCUT2D eigenvalue weighted by atomic mass is 9.98. The molecular weight excluding hydrogens is 499 g/mol. The second-order valence-electron chi connectivity index (χ2n) is 7.86. The van der Waals surface area contributed by atoms with E-state index in [1.54, 1.807) is 0 Å². The van der Waals surface area contributed by atoms with Crippen LogP contribution in [0.3, 0.4) is 0 Å². The van der Waals surface area contributed by atoms with Gasteiger partial charge in [-0.25, -0.2) is 0 Å². The average molecular weight is 517 g/mol. The molecular formula is C23H18F3N5O4S.